The molecule has 0 bridgehead atoms. The van der Waals surface area contributed by atoms with Gasteiger partial charge in [0.05, 0.1) is 11.2 Å². The molecule has 18 heavy (non-hydrogen) atoms. The SMILES string of the molecule is CCC(CC)(CC(=O)NCCS(C)(=O)=O)C(=O)O. The number of hydrogen-bond acceptors (Lipinski definition) is 4. The Labute approximate surface area is 108 Å². The maximum absolute atomic E-state index is 11.6. The number of carbonyl (C=O) groups excluding carboxylic acids is 1. The van der Waals surface area contributed by atoms with E-state index in [2.05, 4.69) is 5.32 Å². The fraction of sp³-hybridized carbons (Fsp3) is 0.818. The predicted molar refractivity (Wildman–Crippen MR) is 68.0 cm³/mol. The highest BCUT2D eigenvalue weighted by molar-refractivity contribution is 7.90. The number of hydrogen-bond donors (Lipinski definition) is 2. The van der Waals surface area contributed by atoms with Crippen molar-refractivity contribution < 1.29 is 23.1 Å². The van der Waals surface area contributed by atoms with Crippen molar-refractivity contribution in [1.82, 2.24) is 5.32 Å². The van der Waals surface area contributed by atoms with Crippen LogP contribution >= 0.6 is 0 Å². The highest BCUT2D eigenvalue weighted by Crippen LogP contribution is 2.30. The summed E-state index contributed by atoms with van der Waals surface area (Å²) in [7, 11) is -3.12. The summed E-state index contributed by atoms with van der Waals surface area (Å²) in [4.78, 5) is 22.8. The molecule has 0 atom stereocenters. The van der Waals surface area contributed by atoms with Crippen molar-refractivity contribution in [1.29, 1.82) is 0 Å². The molecule has 0 radical (unpaired) electrons. The van der Waals surface area contributed by atoms with Gasteiger partial charge in [0.1, 0.15) is 9.84 Å². The van der Waals surface area contributed by atoms with Crippen molar-refractivity contribution in [2.45, 2.75) is 33.1 Å². The van der Waals surface area contributed by atoms with Crippen LogP contribution in [0.3, 0.4) is 0 Å². The number of aliphatic carboxylic acids is 1. The number of sulfone groups is 1. The summed E-state index contributed by atoms with van der Waals surface area (Å²) in [5.74, 6) is -1.56. The van der Waals surface area contributed by atoms with Gasteiger partial charge >= 0.3 is 5.97 Å². The zero-order valence-electron chi connectivity index (χ0n) is 11.0. The van der Waals surface area contributed by atoms with Crippen LogP contribution < -0.4 is 5.32 Å². The Bertz CT molecular complexity index is 398. The Balaban J connectivity index is 4.41. The minimum atomic E-state index is -3.12. The summed E-state index contributed by atoms with van der Waals surface area (Å²) in [6.45, 7) is 3.46. The van der Waals surface area contributed by atoms with Crippen LogP contribution in [-0.2, 0) is 19.4 Å². The van der Waals surface area contributed by atoms with E-state index in [0.717, 1.165) is 6.26 Å². The molecule has 0 aromatic heterocycles. The molecule has 1 amide bonds. The van der Waals surface area contributed by atoms with Gasteiger partial charge in [0.2, 0.25) is 5.91 Å². The second-order valence-corrected chi connectivity index (χ2v) is 6.71. The van der Waals surface area contributed by atoms with Crippen LogP contribution in [0.4, 0.5) is 0 Å². The first kappa shape index (κ1) is 16.9. The van der Waals surface area contributed by atoms with E-state index in [9.17, 15) is 18.0 Å². The van der Waals surface area contributed by atoms with Crippen molar-refractivity contribution in [3.63, 3.8) is 0 Å². The first-order valence-corrected chi connectivity index (χ1v) is 7.90. The zero-order chi connectivity index (χ0) is 14.4. The van der Waals surface area contributed by atoms with Gasteiger partial charge in [-0.05, 0) is 12.8 Å². The molecule has 6 nitrogen and oxygen atoms in total. The van der Waals surface area contributed by atoms with E-state index >= 15 is 0 Å². The molecule has 106 valence electrons. The topological polar surface area (TPSA) is 101 Å². The summed E-state index contributed by atoms with van der Waals surface area (Å²) in [6, 6.07) is 0. The summed E-state index contributed by atoms with van der Waals surface area (Å²) in [5.41, 5.74) is -1.06. The maximum Gasteiger partial charge on any atom is 0.310 e. The Morgan fingerprint density at radius 2 is 1.72 bits per heavy atom. The third-order valence-electron chi connectivity index (χ3n) is 3.10. The zero-order valence-corrected chi connectivity index (χ0v) is 11.8. The number of carbonyl (C=O) groups is 2. The van der Waals surface area contributed by atoms with Gasteiger partial charge in [-0.25, -0.2) is 8.42 Å². The second kappa shape index (κ2) is 6.72. The molecule has 0 aliphatic rings. The molecule has 0 aliphatic carbocycles. The van der Waals surface area contributed by atoms with Crippen LogP contribution in [0.2, 0.25) is 0 Å². The van der Waals surface area contributed by atoms with Crippen LogP contribution in [0.25, 0.3) is 0 Å². The average molecular weight is 279 g/mol. The van der Waals surface area contributed by atoms with Gasteiger partial charge < -0.3 is 10.4 Å². The van der Waals surface area contributed by atoms with Gasteiger partial charge in [0, 0.05) is 19.2 Å². The Kier molecular flexibility index (Phi) is 6.31. The van der Waals surface area contributed by atoms with E-state index in [1.54, 1.807) is 13.8 Å². The van der Waals surface area contributed by atoms with Crippen LogP contribution in [0.15, 0.2) is 0 Å². The molecule has 0 aromatic carbocycles. The van der Waals surface area contributed by atoms with Gasteiger partial charge in [-0.15, -0.1) is 0 Å². The van der Waals surface area contributed by atoms with Gasteiger partial charge in [-0.3, -0.25) is 9.59 Å². The van der Waals surface area contributed by atoms with E-state index in [1.807, 2.05) is 0 Å². The maximum atomic E-state index is 11.6. The van der Waals surface area contributed by atoms with Crippen LogP contribution in [0, 0.1) is 5.41 Å². The lowest BCUT2D eigenvalue weighted by molar-refractivity contribution is -0.152. The molecule has 0 fully saturated rings. The van der Waals surface area contributed by atoms with Crippen molar-refractivity contribution in [2.24, 2.45) is 5.41 Å². The van der Waals surface area contributed by atoms with Crippen molar-refractivity contribution in [2.75, 3.05) is 18.6 Å². The number of rotatable bonds is 8. The highest BCUT2D eigenvalue weighted by atomic mass is 32.2. The predicted octanol–water partition coefficient (Wildman–Crippen LogP) is 0.428. The van der Waals surface area contributed by atoms with E-state index in [1.165, 1.54) is 0 Å². The van der Waals surface area contributed by atoms with Crippen molar-refractivity contribution in [3.8, 4) is 0 Å². The molecule has 0 saturated carbocycles. The molecule has 0 heterocycles. The third-order valence-corrected chi connectivity index (χ3v) is 4.05. The smallest absolute Gasteiger partial charge is 0.310 e. The van der Waals surface area contributed by atoms with Crippen molar-refractivity contribution >= 4 is 21.7 Å². The first-order valence-electron chi connectivity index (χ1n) is 5.84. The lowest BCUT2D eigenvalue weighted by Gasteiger charge is -2.25. The highest BCUT2D eigenvalue weighted by Gasteiger charge is 2.36. The number of amides is 1. The summed E-state index contributed by atoms with van der Waals surface area (Å²) >= 11 is 0. The Morgan fingerprint density at radius 3 is 2.06 bits per heavy atom. The summed E-state index contributed by atoms with van der Waals surface area (Å²) in [6.07, 6.45) is 1.68. The number of carboxylic acids is 1. The lowest BCUT2D eigenvalue weighted by Crippen LogP contribution is -2.38. The molecule has 2 N–H and O–H groups in total. The van der Waals surface area contributed by atoms with Gasteiger partial charge in [0.15, 0.2) is 0 Å². The Hall–Kier alpha value is -1.11. The lowest BCUT2D eigenvalue weighted by atomic mass is 9.79. The minimum Gasteiger partial charge on any atom is -0.481 e. The van der Waals surface area contributed by atoms with E-state index in [4.69, 9.17) is 5.11 Å². The Morgan fingerprint density at radius 1 is 1.22 bits per heavy atom. The molecule has 0 saturated heterocycles. The molecule has 0 rings (SSSR count). The van der Waals surface area contributed by atoms with Crippen molar-refractivity contribution in [3.05, 3.63) is 0 Å². The largest absolute Gasteiger partial charge is 0.481 e. The molecule has 0 spiro atoms. The van der Waals surface area contributed by atoms with Gasteiger partial charge in [0.25, 0.3) is 0 Å². The monoisotopic (exact) mass is 279 g/mol. The average Bonchev–Trinajstić information content (AvgIpc) is 2.23. The van der Waals surface area contributed by atoms with E-state index in [-0.39, 0.29) is 18.7 Å². The quantitative estimate of drug-likeness (QED) is 0.671. The standard InChI is InChI=1S/C11H21NO5S/c1-4-11(5-2,10(14)15)8-9(13)12-6-7-18(3,16)17/h4-8H2,1-3H3,(H,12,13)(H,14,15). The number of nitrogens with one attached hydrogen (secondary N) is 1. The first-order chi connectivity index (χ1) is 8.17. The van der Waals surface area contributed by atoms with E-state index < -0.39 is 27.1 Å². The van der Waals surface area contributed by atoms with Gasteiger partial charge in [-0.1, -0.05) is 13.8 Å². The fourth-order valence-electron chi connectivity index (χ4n) is 1.62. The fourth-order valence-corrected chi connectivity index (χ4v) is 2.10. The molecule has 0 aromatic rings. The molecular formula is C11H21NO5S. The molecule has 0 unspecified atom stereocenters. The van der Waals surface area contributed by atoms with Crippen LogP contribution in [0.5, 0.6) is 0 Å². The normalized spacial score (nSPS) is 12.2. The molecule has 0 aliphatic heterocycles. The summed E-state index contributed by atoms with van der Waals surface area (Å²) < 4.78 is 21.7. The molecular weight excluding hydrogens is 258 g/mol. The van der Waals surface area contributed by atoms with Gasteiger partial charge in [-0.2, -0.15) is 0 Å². The van der Waals surface area contributed by atoms with Crippen LogP contribution in [-0.4, -0.2) is 44.0 Å². The van der Waals surface area contributed by atoms with Crippen LogP contribution in [0.1, 0.15) is 33.1 Å². The summed E-state index contributed by atoms with van der Waals surface area (Å²) in [5, 5.41) is 11.6. The minimum absolute atomic E-state index is 0.0147. The molecule has 7 heteroatoms. The second-order valence-electron chi connectivity index (χ2n) is 4.45. The number of carboxylic acid groups (broad SMARTS) is 1. The third kappa shape index (κ3) is 5.48. The van der Waals surface area contributed by atoms with E-state index in [0.29, 0.717) is 12.8 Å².